The molecule has 0 radical (unpaired) electrons. The quantitative estimate of drug-likeness (QED) is 0.0304. The lowest BCUT2D eigenvalue weighted by Gasteiger charge is -2.50. The molecule has 454 valence electrons. The summed E-state index contributed by atoms with van der Waals surface area (Å²) in [7, 11) is 0. The van der Waals surface area contributed by atoms with Crippen LogP contribution in [0.25, 0.3) is 0 Å². The molecule has 78 heavy (non-hydrogen) atoms. The minimum atomic E-state index is -3.08. The van der Waals surface area contributed by atoms with Crippen LogP contribution in [-0.4, -0.2) is 215 Å². The number of aliphatic hydroxyl groups excluding tert-OH is 11. The SMILES string of the molecule is CCCCCC/C=C\CCCCCCCCCC(=O)NC(COC1OC(CO)C(OC2OC(CO)C(O)C(OC3(C(=O)O)CC(O)C(NC(C)=O)C(C(O)C(O)CO)O3)C2O)C(O)C1O)C(O)/C=C/CCCCCCCCC. The van der Waals surface area contributed by atoms with Gasteiger partial charge >= 0.3 is 5.97 Å². The van der Waals surface area contributed by atoms with Crippen LogP contribution in [-0.2, 0) is 42.8 Å². The Morgan fingerprint density at radius 2 is 1.21 bits per heavy atom. The number of amides is 2. The van der Waals surface area contributed by atoms with Crippen molar-refractivity contribution in [3.05, 3.63) is 24.3 Å². The van der Waals surface area contributed by atoms with E-state index < -0.39 is 155 Å². The smallest absolute Gasteiger partial charge is 0.364 e. The van der Waals surface area contributed by atoms with Gasteiger partial charge in [-0.3, -0.25) is 9.59 Å². The molecule has 23 heteroatoms. The second-order valence-corrected chi connectivity index (χ2v) is 21.1. The minimum Gasteiger partial charge on any atom is -0.477 e. The van der Waals surface area contributed by atoms with Gasteiger partial charge in [0.15, 0.2) is 12.6 Å². The Balaban J connectivity index is 1.68. The second kappa shape index (κ2) is 38.1. The molecule has 3 heterocycles. The molecule has 2 amide bonds. The summed E-state index contributed by atoms with van der Waals surface area (Å²) >= 11 is 0. The van der Waals surface area contributed by atoms with Crippen molar-refractivity contribution in [3.63, 3.8) is 0 Å². The van der Waals surface area contributed by atoms with Gasteiger partial charge in [-0.05, 0) is 44.9 Å². The van der Waals surface area contributed by atoms with E-state index in [9.17, 15) is 75.7 Å². The Morgan fingerprint density at radius 3 is 1.76 bits per heavy atom. The van der Waals surface area contributed by atoms with Crippen LogP contribution < -0.4 is 10.6 Å². The number of carboxylic acids is 1. The van der Waals surface area contributed by atoms with Gasteiger partial charge in [-0.2, -0.15) is 0 Å². The van der Waals surface area contributed by atoms with E-state index in [2.05, 4.69) is 36.6 Å². The van der Waals surface area contributed by atoms with E-state index in [1.807, 2.05) is 6.08 Å². The standard InChI is InChI=1S/C55H98N2O21/c1-4-6-8-10-12-14-15-16-17-18-19-21-23-25-27-29-42(65)57-36(37(62)28-26-24-22-20-13-11-9-7-5-2)34-73-52-47(69)46(68)49(41(33-60)75-52)76-53-48(70)51(45(67)40(32-59)74-53)78-55(54(71)72)30-38(63)43(56-35(3)61)50(77-55)44(66)39(64)31-58/h14-15,26,28,36-41,43-53,58-60,62-64,66-70H,4-13,16-25,27,29-34H2,1-3H3,(H,56,61)(H,57,65)(H,71,72)/b15-14-,28-26+. The highest BCUT2D eigenvalue weighted by molar-refractivity contribution is 5.77. The maximum absolute atomic E-state index is 13.3. The summed E-state index contributed by atoms with van der Waals surface area (Å²) in [5.74, 6) is -6.15. The zero-order chi connectivity index (χ0) is 57.6. The number of nitrogens with one attached hydrogen (secondary N) is 2. The van der Waals surface area contributed by atoms with Gasteiger partial charge in [0.05, 0.1) is 50.7 Å². The van der Waals surface area contributed by atoms with Crippen molar-refractivity contribution >= 4 is 17.8 Å². The van der Waals surface area contributed by atoms with Crippen molar-refractivity contribution in [1.29, 1.82) is 0 Å². The maximum Gasteiger partial charge on any atom is 0.364 e. The summed E-state index contributed by atoms with van der Waals surface area (Å²) < 4.78 is 34.6. The molecule has 3 saturated heterocycles. The van der Waals surface area contributed by atoms with Crippen LogP contribution in [0.3, 0.4) is 0 Å². The number of ether oxygens (including phenoxy) is 6. The third kappa shape index (κ3) is 22.9. The van der Waals surface area contributed by atoms with Crippen molar-refractivity contribution in [3.8, 4) is 0 Å². The molecule has 3 aliphatic rings. The number of carbonyl (C=O) groups is 3. The molecule has 0 bridgehead atoms. The number of unbranched alkanes of at least 4 members (excludes halogenated alkanes) is 18. The summed E-state index contributed by atoms with van der Waals surface area (Å²) in [5.41, 5.74) is 0. The summed E-state index contributed by atoms with van der Waals surface area (Å²) in [6, 6.07) is -2.61. The second-order valence-electron chi connectivity index (χ2n) is 21.1. The van der Waals surface area contributed by atoms with Gasteiger partial charge in [0.2, 0.25) is 11.8 Å². The van der Waals surface area contributed by atoms with Crippen LogP contribution in [0.4, 0.5) is 0 Å². The zero-order valence-corrected chi connectivity index (χ0v) is 46.3. The first-order chi connectivity index (χ1) is 37.4. The molecule has 3 fully saturated rings. The molecule has 3 rings (SSSR count). The Morgan fingerprint density at radius 1 is 0.667 bits per heavy atom. The van der Waals surface area contributed by atoms with Gasteiger partial charge in [-0.1, -0.05) is 128 Å². The fourth-order valence-electron chi connectivity index (χ4n) is 9.93. The molecule has 0 aromatic rings. The van der Waals surface area contributed by atoms with E-state index in [0.717, 1.165) is 90.4 Å². The van der Waals surface area contributed by atoms with Crippen LogP contribution in [0, 0.1) is 0 Å². The molecule has 0 saturated carbocycles. The summed E-state index contributed by atoms with van der Waals surface area (Å²) in [6.45, 7) is 2.02. The van der Waals surface area contributed by atoms with Crippen LogP contribution in [0.5, 0.6) is 0 Å². The topological polar surface area (TPSA) is 373 Å². The average Bonchev–Trinajstić information content (AvgIpc) is 3.53. The maximum atomic E-state index is 13.3. The van der Waals surface area contributed by atoms with Crippen LogP contribution >= 0.6 is 0 Å². The Bertz CT molecular complexity index is 1710. The number of carbonyl (C=O) groups excluding carboxylic acids is 2. The van der Waals surface area contributed by atoms with Crippen LogP contribution in [0.1, 0.15) is 168 Å². The lowest BCUT2D eigenvalue weighted by atomic mass is 9.88. The molecule has 18 atom stereocenters. The Labute approximate surface area is 460 Å². The number of hydrogen-bond donors (Lipinski definition) is 14. The molecular weight excluding hydrogens is 1020 g/mol. The fourth-order valence-corrected chi connectivity index (χ4v) is 9.93. The molecule has 0 aromatic carbocycles. The van der Waals surface area contributed by atoms with E-state index >= 15 is 0 Å². The normalized spacial score (nSPS) is 31.3. The molecule has 14 N–H and O–H groups in total. The van der Waals surface area contributed by atoms with Gasteiger partial charge in [0.1, 0.15) is 67.1 Å². The first-order valence-corrected chi connectivity index (χ1v) is 28.7. The van der Waals surface area contributed by atoms with Crippen molar-refractivity contribution in [2.45, 2.75) is 278 Å². The van der Waals surface area contributed by atoms with Gasteiger partial charge in [0, 0.05) is 19.8 Å². The van der Waals surface area contributed by atoms with E-state index in [4.69, 9.17) is 28.4 Å². The first kappa shape index (κ1) is 69.5. The molecular formula is C55H98N2O21. The van der Waals surface area contributed by atoms with Gasteiger partial charge in [-0.15, -0.1) is 0 Å². The van der Waals surface area contributed by atoms with Crippen LogP contribution in [0.15, 0.2) is 24.3 Å². The van der Waals surface area contributed by atoms with Crippen molar-refractivity contribution in [1.82, 2.24) is 10.6 Å². The number of allylic oxidation sites excluding steroid dienone is 3. The van der Waals surface area contributed by atoms with Gasteiger partial charge in [0.25, 0.3) is 5.79 Å². The zero-order valence-electron chi connectivity index (χ0n) is 46.3. The third-order valence-electron chi connectivity index (χ3n) is 14.6. The highest BCUT2D eigenvalue weighted by atomic mass is 16.8. The highest BCUT2D eigenvalue weighted by Gasteiger charge is 2.60. The number of hydrogen-bond acceptors (Lipinski definition) is 20. The van der Waals surface area contributed by atoms with Crippen molar-refractivity contribution in [2.24, 2.45) is 0 Å². The van der Waals surface area contributed by atoms with E-state index in [1.165, 1.54) is 38.5 Å². The summed E-state index contributed by atoms with van der Waals surface area (Å²) in [4.78, 5) is 38.3. The largest absolute Gasteiger partial charge is 0.477 e. The molecule has 0 aromatic heterocycles. The van der Waals surface area contributed by atoms with E-state index in [1.54, 1.807) is 6.08 Å². The van der Waals surface area contributed by atoms with Crippen molar-refractivity contribution in [2.75, 3.05) is 26.4 Å². The number of carboxylic acid groups (broad SMARTS) is 1. The third-order valence-corrected chi connectivity index (χ3v) is 14.6. The summed E-state index contributed by atoms with van der Waals surface area (Å²) in [5, 5.41) is 135. The van der Waals surface area contributed by atoms with Crippen LogP contribution in [0.2, 0.25) is 0 Å². The predicted molar refractivity (Wildman–Crippen MR) is 283 cm³/mol. The lowest BCUT2D eigenvalue weighted by Crippen LogP contribution is -2.70. The molecule has 0 spiro atoms. The molecule has 3 aliphatic heterocycles. The molecule has 18 unspecified atom stereocenters. The monoisotopic (exact) mass is 1120 g/mol. The number of aliphatic hydroxyl groups is 11. The number of rotatable bonds is 40. The molecule has 0 aliphatic carbocycles. The fraction of sp³-hybridized carbons (Fsp3) is 0.873. The molecule has 23 nitrogen and oxygen atoms in total. The average molecular weight is 1120 g/mol. The Hall–Kier alpha value is -2.79. The Kier molecular flexibility index (Phi) is 33.9. The van der Waals surface area contributed by atoms with E-state index in [0.29, 0.717) is 12.8 Å². The summed E-state index contributed by atoms with van der Waals surface area (Å²) in [6.07, 6.45) is 1.36. The van der Waals surface area contributed by atoms with Gasteiger partial charge in [-0.25, -0.2) is 4.79 Å². The first-order valence-electron chi connectivity index (χ1n) is 28.7. The highest BCUT2D eigenvalue weighted by Crippen LogP contribution is 2.38. The van der Waals surface area contributed by atoms with Crippen molar-refractivity contribution < 1.29 is 104 Å². The number of aliphatic carboxylic acids is 1. The minimum absolute atomic E-state index is 0.194. The predicted octanol–water partition coefficient (Wildman–Crippen LogP) is 1.38. The van der Waals surface area contributed by atoms with Gasteiger partial charge < -0.3 is 100 Å². The van der Waals surface area contributed by atoms with E-state index in [-0.39, 0.29) is 12.3 Å². The lowest BCUT2D eigenvalue weighted by molar-refractivity contribution is -0.386.